The highest BCUT2D eigenvalue weighted by atomic mass is 28.3. The van der Waals surface area contributed by atoms with Crippen molar-refractivity contribution in [2.45, 2.75) is 38.8 Å². The van der Waals surface area contributed by atoms with E-state index in [1.165, 1.54) is 0 Å². The van der Waals surface area contributed by atoms with Crippen molar-refractivity contribution >= 4 is 9.13 Å². The first-order valence-corrected chi connectivity index (χ1v) is 4.96. The van der Waals surface area contributed by atoms with Crippen molar-refractivity contribution < 1.29 is 4.11 Å². The summed E-state index contributed by atoms with van der Waals surface area (Å²) in [4.78, 5) is 0. The third-order valence-corrected chi connectivity index (χ3v) is 3.82. The molecule has 0 nitrogen and oxygen atoms in total. The van der Waals surface area contributed by atoms with Gasteiger partial charge in [0.05, 0.1) is 0 Å². The molecule has 0 saturated heterocycles. The molecule has 0 bridgehead atoms. The summed E-state index contributed by atoms with van der Waals surface area (Å²) in [7, 11) is -1.85. The van der Waals surface area contributed by atoms with Gasteiger partial charge in [-0.25, -0.2) is 0 Å². The Morgan fingerprint density at radius 2 is 1.25 bits per heavy atom. The Labute approximate surface area is 52.9 Å². The number of rotatable bonds is 2. The van der Waals surface area contributed by atoms with Crippen LogP contribution in [0.2, 0.25) is 11.1 Å². The molecule has 0 rings (SSSR count). The average Bonchev–Trinajstić information content (AvgIpc) is 1.64. The molecule has 0 fully saturated rings. The van der Waals surface area contributed by atoms with Crippen molar-refractivity contribution in [2.24, 2.45) is 0 Å². The van der Waals surface area contributed by atoms with E-state index >= 15 is 0 Å². The molecule has 0 aliphatic carbocycles. The molecule has 0 aliphatic heterocycles. The lowest BCUT2D eigenvalue weighted by atomic mass is 10.5. The van der Waals surface area contributed by atoms with Gasteiger partial charge in [0.25, 0.3) is 0 Å². The van der Waals surface area contributed by atoms with Crippen molar-refractivity contribution in [3.05, 3.63) is 0 Å². The third kappa shape index (κ3) is 2.45. The first-order valence-electron chi connectivity index (χ1n) is 3.19. The zero-order chi connectivity index (χ0) is 6.73. The standard InChI is InChI=1S/C6H15FSi/c1-5(2)8(7)6(3)4/h5-6,8H,1-4H3. The molecule has 0 N–H and O–H groups in total. The van der Waals surface area contributed by atoms with Gasteiger partial charge in [0.1, 0.15) is 0 Å². The minimum absolute atomic E-state index is 0.315. The quantitative estimate of drug-likeness (QED) is 0.402. The molecule has 0 amide bonds. The van der Waals surface area contributed by atoms with Crippen LogP contribution in [0, 0.1) is 0 Å². The lowest BCUT2D eigenvalue weighted by Gasteiger charge is -2.11. The van der Waals surface area contributed by atoms with Crippen molar-refractivity contribution in [1.82, 2.24) is 0 Å². The molecule has 0 radical (unpaired) electrons. The largest absolute Gasteiger partial charge is 0.318 e. The van der Waals surface area contributed by atoms with E-state index in [2.05, 4.69) is 0 Å². The van der Waals surface area contributed by atoms with Gasteiger partial charge >= 0.3 is 0 Å². The summed E-state index contributed by atoms with van der Waals surface area (Å²) in [6.45, 7) is 7.88. The van der Waals surface area contributed by atoms with Crippen LogP contribution in [0.1, 0.15) is 27.7 Å². The van der Waals surface area contributed by atoms with Crippen LogP contribution in [0.5, 0.6) is 0 Å². The van der Waals surface area contributed by atoms with E-state index < -0.39 is 9.13 Å². The van der Waals surface area contributed by atoms with Gasteiger partial charge in [0.15, 0.2) is 0 Å². The number of hydrogen-bond donors (Lipinski definition) is 0. The molecule has 2 heteroatoms. The monoisotopic (exact) mass is 134 g/mol. The van der Waals surface area contributed by atoms with Gasteiger partial charge in [0.2, 0.25) is 9.13 Å². The summed E-state index contributed by atoms with van der Waals surface area (Å²) in [5.41, 5.74) is 0.630. The van der Waals surface area contributed by atoms with E-state index in [-0.39, 0.29) is 0 Å². The molecule has 0 aromatic carbocycles. The normalized spacial score (nSPS) is 12.0. The third-order valence-electron chi connectivity index (χ3n) is 1.27. The smallest absolute Gasteiger partial charge is 0.236 e. The molecule has 0 heterocycles. The second kappa shape index (κ2) is 3.23. The Bertz CT molecular complexity index is 53.5. The van der Waals surface area contributed by atoms with E-state index in [0.29, 0.717) is 11.1 Å². The summed E-state index contributed by atoms with van der Waals surface area (Å²) in [5.74, 6) is 0. The Morgan fingerprint density at radius 1 is 1.00 bits per heavy atom. The Hall–Kier alpha value is 0.147. The second-order valence-corrected chi connectivity index (χ2v) is 6.49. The van der Waals surface area contributed by atoms with Gasteiger partial charge in [-0.05, 0) is 11.1 Å². The van der Waals surface area contributed by atoms with Gasteiger partial charge in [-0.1, -0.05) is 27.7 Å². The fourth-order valence-electron chi connectivity index (χ4n) is 0.770. The molecule has 0 aliphatic rings. The zero-order valence-electron chi connectivity index (χ0n) is 6.11. The first kappa shape index (κ1) is 8.15. The molecule has 0 aromatic rings. The molecular weight excluding hydrogens is 119 g/mol. The summed E-state index contributed by atoms with van der Waals surface area (Å²) >= 11 is 0. The van der Waals surface area contributed by atoms with E-state index in [0.717, 1.165) is 0 Å². The summed E-state index contributed by atoms with van der Waals surface area (Å²) in [6.07, 6.45) is 0. The molecule has 0 aromatic heterocycles. The molecule has 0 spiro atoms. The topological polar surface area (TPSA) is 0 Å². The van der Waals surface area contributed by atoms with E-state index in [1.807, 2.05) is 27.7 Å². The molecule has 50 valence electrons. The average molecular weight is 134 g/mol. The molecule has 8 heavy (non-hydrogen) atoms. The fraction of sp³-hybridized carbons (Fsp3) is 1.00. The van der Waals surface area contributed by atoms with Crippen LogP contribution in [0.15, 0.2) is 0 Å². The van der Waals surface area contributed by atoms with Gasteiger partial charge in [-0.2, -0.15) is 0 Å². The SMILES string of the molecule is CC(C)[SiH](F)C(C)C. The minimum Gasteiger partial charge on any atom is -0.318 e. The molecule has 0 saturated carbocycles. The van der Waals surface area contributed by atoms with Crippen LogP contribution < -0.4 is 0 Å². The molecular formula is C6H15FSi. The van der Waals surface area contributed by atoms with Gasteiger partial charge < -0.3 is 4.11 Å². The summed E-state index contributed by atoms with van der Waals surface area (Å²) in [6, 6.07) is 0. The van der Waals surface area contributed by atoms with Crippen LogP contribution in [-0.2, 0) is 0 Å². The lowest BCUT2D eigenvalue weighted by molar-refractivity contribution is 0.729. The van der Waals surface area contributed by atoms with Crippen molar-refractivity contribution in [3.8, 4) is 0 Å². The lowest BCUT2D eigenvalue weighted by Crippen LogP contribution is -2.13. The highest BCUT2D eigenvalue weighted by Gasteiger charge is 2.18. The Kier molecular flexibility index (Phi) is 3.29. The van der Waals surface area contributed by atoms with Crippen molar-refractivity contribution in [3.63, 3.8) is 0 Å². The first-order chi connectivity index (χ1) is 3.55. The van der Waals surface area contributed by atoms with Gasteiger partial charge in [-0.3, -0.25) is 0 Å². The molecule has 0 unspecified atom stereocenters. The van der Waals surface area contributed by atoms with E-state index in [9.17, 15) is 4.11 Å². The van der Waals surface area contributed by atoms with Crippen LogP contribution >= 0.6 is 0 Å². The predicted molar refractivity (Wildman–Crippen MR) is 38.5 cm³/mol. The maximum atomic E-state index is 12.8. The van der Waals surface area contributed by atoms with E-state index in [1.54, 1.807) is 0 Å². The van der Waals surface area contributed by atoms with Crippen molar-refractivity contribution in [2.75, 3.05) is 0 Å². The van der Waals surface area contributed by atoms with Crippen LogP contribution in [0.4, 0.5) is 4.11 Å². The second-order valence-electron chi connectivity index (χ2n) is 2.93. The summed E-state index contributed by atoms with van der Waals surface area (Å²) in [5, 5.41) is 0. The van der Waals surface area contributed by atoms with Crippen LogP contribution in [0.3, 0.4) is 0 Å². The fourth-order valence-corrected chi connectivity index (χ4v) is 2.31. The Balaban J connectivity index is 3.46. The van der Waals surface area contributed by atoms with E-state index in [4.69, 9.17) is 0 Å². The summed E-state index contributed by atoms with van der Waals surface area (Å²) < 4.78 is 12.8. The van der Waals surface area contributed by atoms with Gasteiger partial charge in [-0.15, -0.1) is 0 Å². The highest BCUT2D eigenvalue weighted by molar-refractivity contribution is 6.54. The zero-order valence-corrected chi connectivity index (χ0v) is 7.26. The maximum Gasteiger partial charge on any atom is 0.236 e. The van der Waals surface area contributed by atoms with Crippen molar-refractivity contribution in [1.29, 1.82) is 0 Å². The minimum atomic E-state index is -1.85. The van der Waals surface area contributed by atoms with Crippen LogP contribution in [-0.4, -0.2) is 9.13 Å². The predicted octanol–water partition coefficient (Wildman–Crippen LogP) is 2.50. The number of hydrogen-bond acceptors (Lipinski definition) is 0. The Morgan fingerprint density at radius 3 is 1.25 bits per heavy atom. The number of halogens is 1. The van der Waals surface area contributed by atoms with Gasteiger partial charge in [0, 0.05) is 0 Å². The molecule has 0 atom stereocenters. The van der Waals surface area contributed by atoms with Crippen LogP contribution in [0.25, 0.3) is 0 Å². The highest BCUT2D eigenvalue weighted by Crippen LogP contribution is 2.19. The maximum absolute atomic E-state index is 12.8.